The number of rotatable bonds is 12. The van der Waals surface area contributed by atoms with E-state index in [9.17, 15) is 0 Å². The van der Waals surface area contributed by atoms with Gasteiger partial charge < -0.3 is 0 Å². The van der Waals surface area contributed by atoms with Crippen LogP contribution in [0.3, 0.4) is 0 Å². The van der Waals surface area contributed by atoms with Gasteiger partial charge in [-0.2, -0.15) is 0 Å². The number of benzene rings is 9. The fourth-order valence-corrected chi connectivity index (χ4v) is 9.45. The maximum absolute atomic E-state index is 2.31. The number of aryl methyl sites for hydroxylation is 2. The molecule has 0 spiro atoms. The van der Waals surface area contributed by atoms with E-state index in [-0.39, 0.29) is 0 Å². The molecule has 0 saturated carbocycles. The third-order valence-electron chi connectivity index (χ3n) is 13.5. The van der Waals surface area contributed by atoms with Crippen LogP contribution in [-0.4, -0.2) is 0 Å². The highest BCUT2D eigenvalue weighted by molar-refractivity contribution is 5.93. The van der Waals surface area contributed by atoms with Crippen LogP contribution in [0.1, 0.15) is 89.0 Å². The Morgan fingerprint density at radius 3 is 0.838 bits per heavy atom. The lowest BCUT2D eigenvalue weighted by atomic mass is 9.88. The molecule has 9 aromatic rings. The van der Waals surface area contributed by atoms with Crippen LogP contribution in [0.5, 0.6) is 0 Å². The molecule has 0 aliphatic heterocycles. The highest BCUT2D eigenvalue weighted by Crippen LogP contribution is 2.34. The fraction of sp³-hybridized carbons (Fsp3) is 0.0882. The molecule has 0 nitrogen and oxygen atoms in total. The maximum atomic E-state index is 2.31. The van der Waals surface area contributed by atoms with Crippen LogP contribution >= 0.6 is 0 Å². The van der Waals surface area contributed by atoms with Crippen LogP contribution in [0.2, 0.25) is 0 Å². The van der Waals surface area contributed by atoms with Gasteiger partial charge in [-0.05, 0) is 176 Å². The van der Waals surface area contributed by atoms with E-state index < -0.39 is 0 Å². The summed E-state index contributed by atoms with van der Waals surface area (Å²) in [5.74, 6) is 0. The van der Waals surface area contributed by atoms with E-state index in [2.05, 4.69) is 284 Å². The molecule has 0 heterocycles. The minimum atomic E-state index is 1.18. The monoisotopic (exact) mass is 874 g/mol. The lowest BCUT2D eigenvalue weighted by molar-refractivity contribution is 1.21. The summed E-state index contributed by atoms with van der Waals surface area (Å²) < 4.78 is 0. The Balaban J connectivity index is 0.890. The van der Waals surface area contributed by atoms with Crippen molar-refractivity contribution < 1.29 is 0 Å². The molecule has 0 bridgehead atoms. The summed E-state index contributed by atoms with van der Waals surface area (Å²) in [6.45, 7) is 13.5. The van der Waals surface area contributed by atoms with Crippen LogP contribution in [0.15, 0.2) is 206 Å². The van der Waals surface area contributed by atoms with Crippen LogP contribution in [-0.2, 0) is 0 Å². The van der Waals surface area contributed by atoms with Gasteiger partial charge in [0.25, 0.3) is 0 Å². The fourth-order valence-electron chi connectivity index (χ4n) is 9.45. The van der Waals surface area contributed by atoms with Crippen molar-refractivity contribution in [1.29, 1.82) is 0 Å². The molecule has 9 aromatic carbocycles. The molecule has 0 N–H and O–H groups in total. The molecule has 0 heteroatoms. The van der Waals surface area contributed by atoms with E-state index in [0.29, 0.717) is 0 Å². The van der Waals surface area contributed by atoms with E-state index in [1.807, 2.05) is 0 Å². The van der Waals surface area contributed by atoms with E-state index in [1.165, 1.54) is 122 Å². The molecule has 68 heavy (non-hydrogen) atoms. The van der Waals surface area contributed by atoms with Gasteiger partial charge in [0.2, 0.25) is 0 Å². The van der Waals surface area contributed by atoms with Crippen molar-refractivity contribution in [2.24, 2.45) is 0 Å². The van der Waals surface area contributed by atoms with Crippen molar-refractivity contribution in [3.05, 3.63) is 295 Å². The van der Waals surface area contributed by atoms with Crippen LogP contribution in [0.4, 0.5) is 0 Å². The zero-order chi connectivity index (χ0) is 47.0. The summed E-state index contributed by atoms with van der Waals surface area (Å²) >= 11 is 0. The minimum Gasteiger partial charge on any atom is -0.0622 e. The van der Waals surface area contributed by atoms with E-state index in [4.69, 9.17) is 0 Å². The molecular formula is C68H58. The van der Waals surface area contributed by atoms with Gasteiger partial charge in [0, 0.05) is 0 Å². The van der Waals surface area contributed by atoms with Gasteiger partial charge in [0.05, 0.1) is 0 Å². The second-order valence-electron chi connectivity index (χ2n) is 18.0. The van der Waals surface area contributed by atoms with Gasteiger partial charge in [0.1, 0.15) is 0 Å². The molecule has 0 radical (unpaired) electrons. The maximum Gasteiger partial charge on any atom is -0.0105 e. The predicted octanol–water partition coefficient (Wildman–Crippen LogP) is 18.4. The first-order valence-electron chi connectivity index (χ1n) is 23.7. The smallest absolute Gasteiger partial charge is 0.0105 e. The lowest BCUT2D eigenvalue weighted by Crippen LogP contribution is -1.99. The summed E-state index contributed by atoms with van der Waals surface area (Å²) in [4.78, 5) is 0. The van der Waals surface area contributed by atoms with E-state index in [0.717, 1.165) is 0 Å². The molecule has 0 atom stereocenters. The third-order valence-corrected chi connectivity index (χ3v) is 13.5. The van der Waals surface area contributed by atoms with Gasteiger partial charge >= 0.3 is 0 Å². The zero-order valence-corrected chi connectivity index (χ0v) is 40.1. The first kappa shape index (κ1) is 45.1. The summed E-state index contributed by atoms with van der Waals surface area (Å²) in [6.07, 6.45) is 13.7. The van der Waals surface area contributed by atoms with Crippen molar-refractivity contribution in [2.45, 2.75) is 41.5 Å². The summed E-state index contributed by atoms with van der Waals surface area (Å²) in [5.41, 5.74) is 27.4. The molecule has 0 aliphatic rings. The number of hydrogen-bond donors (Lipinski definition) is 0. The van der Waals surface area contributed by atoms with Crippen molar-refractivity contribution in [2.75, 3.05) is 0 Å². The Labute approximate surface area is 404 Å². The van der Waals surface area contributed by atoms with Crippen LogP contribution in [0.25, 0.3) is 69.9 Å². The Morgan fingerprint density at radius 2 is 0.559 bits per heavy atom. The lowest BCUT2D eigenvalue weighted by Gasteiger charge is -2.17. The molecule has 0 saturated heterocycles. The minimum absolute atomic E-state index is 1.18. The molecule has 0 amide bonds. The molecular weight excluding hydrogens is 817 g/mol. The van der Waals surface area contributed by atoms with Crippen molar-refractivity contribution in [3.63, 3.8) is 0 Å². The zero-order valence-electron chi connectivity index (χ0n) is 40.1. The Morgan fingerprint density at radius 1 is 0.279 bits per heavy atom. The van der Waals surface area contributed by atoms with Gasteiger partial charge in [-0.15, -0.1) is 0 Å². The van der Waals surface area contributed by atoms with Crippen LogP contribution < -0.4 is 0 Å². The summed E-state index contributed by atoms with van der Waals surface area (Å²) in [5, 5.41) is 0. The summed E-state index contributed by atoms with van der Waals surface area (Å²) in [7, 11) is 0. The highest BCUT2D eigenvalue weighted by Gasteiger charge is 2.13. The van der Waals surface area contributed by atoms with E-state index >= 15 is 0 Å². The molecule has 9 rings (SSSR count). The molecule has 0 unspecified atom stereocenters. The molecule has 0 aromatic heterocycles. The largest absolute Gasteiger partial charge is 0.0622 e. The standard InChI is InChI=1S/C68H58/c1-47-43-53(31-39-63(47)61-35-27-55(28-36-61)45-67(57-19-11-7-12-20-57)58-21-13-8-14-22-58)33-41-65-49(3)51(5)66(52(6)50(65)4)42-34-54-32-40-64(48(2)44-54)62-37-29-56(30-38-62)46-68(59-23-15-9-16-24-59)60-25-17-10-18-26-60/h7-46H,1-6H3. The summed E-state index contributed by atoms with van der Waals surface area (Å²) in [6, 6.07) is 74.1. The second-order valence-corrected chi connectivity index (χ2v) is 18.0. The van der Waals surface area contributed by atoms with Crippen LogP contribution in [0, 0.1) is 41.5 Å². The van der Waals surface area contributed by atoms with Crippen molar-refractivity contribution >= 4 is 47.6 Å². The topological polar surface area (TPSA) is 0 Å². The van der Waals surface area contributed by atoms with Gasteiger partial charge in [0.15, 0.2) is 0 Å². The molecule has 0 aliphatic carbocycles. The first-order valence-corrected chi connectivity index (χ1v) is 23.7. The number of hydrogen-bond acceptors (Lipinski definition) is 0. The van der Waals surface area contributed by atoms with Gasteiger partial charge in [-0.1, -0.05) is 231 Å². The predicted molar refractivity (Wildman–Crippen MR) is 296 cm³/mol. The second kappa shape index (κ2) is 20.6. The Hall–Kier alpha value is -8.06. The highest BCUT2D eigenvalue weighted by atomic mass is 14.2. The third kappa shape index (κ3) is 10.2. The normalized spacial score (nSPS) is 11.3. The average molecular weight is 875 g/mol. The Bertz CT molecular complexity index is 2970. The molecule has 0 fully saturated rings. The van der Waals surface area contributed by atoms with Gasteiger partial charge in [-0.25, -0.2) is 0 Å². The van der Waals surface area contributed by atoms with Gasteiger partial charge in [-0.3, -0.25) is 0 Å². The first-order chi connectivity index (χ1) is 33.2. The average Bonchev–Trinajstić information content (AvgIpc) is 3.38. The van der Waals surface area contributed by atoms with Crippen molar-refractivity contribution in [1.82, 2.24) is 0 Å². The molecule has 330 valence electrons. The van der Waals surface area contributed by atoms with E-state index in [1.54, 1.807) is 0 Å². The Kier molecular flexibility index (Phi) is 13.7. The quantitative estimate of drug-likeness (QED) is 0.107. The SMILES string of the molecule is Cc1cc(C=Cc2c(C)c(C)c(C=Cc3ccc(-c4ccc(C=C(c5ccccc5)c5ccccc5)cc4)c(C)c3)c(C)c2C)ccc1-c1ccc(C=C(c2ccccc2)c2ccccc2)cc1. The van der Waals surface area contributed by atoms with Crippen molar-refractivity contribution in [3.8, 4) is 22.3 Å².